The maximum atomic E-state index is 12.9. The molecule has 1 amide bonds. The molecule has 0 aliphatic heterocycles. The largest absolute Gasteiger partial charge is 0.320 e. The van der Waals surface area contributed by atoms with Crippen molar-refractivity contribution in [1.82, 2.24) is 9.97 Å². The number of hydrogen-bond donors (Lipinski definition) is 3. The highest BCUT2D eigenvalue weighted by atomic mass is 35.5. The van der Waals surface area contributed by atoms with Crippen LogP contribution in [0.15, 0.2) is 30.6 Å². The second kappa shape index (κ2) is 5.59. The third kappa shape index (κ3) is 3.36. The van der Waals surface area contributed by atoms with Crippen molar-refractivity contribution in [3.05, 3.63) is 47.1 Å². The van der Waals surface area contributed by atoms with E-state index >= 15 is 0 Å². The number of nitrogens with one attached hydrogen (secondary N) is 2. The number of nitrogens with zero attached hydrogens (tertiary/aromatic N) is 2. The van der Waals surface area contributed by atoms with Gasteiger partial charge in [-0.25, -0.2) is 15.2 Å². The van der Waals surface area contributed by atoms with E-state index in [1.165, 1.54) is 18.3 Å². The van der Waals surface area contributed by atoms with E-state index in [4.69, 9.17) is 17.4 Å². The summed E-state index contributed by atoms with van der Waals surface area (Å²) in [4.78, 5) is 19.4. The van der Waals surface area contributed by atoms with Crippen LogP contribution in [-0.4, -0.2) is 15.9 Å². The van der Waals surface area contributed by atoms with Gasteiger partial charge in [-0.1, -0.05) is 11.6 Å². The molecule has 2 aromatic heterocycles. The highest BCUT2D eigenvalue weighted by Crippen LogP contribution is 2.15. The minimum absolute atomic E-state index is 0.109. The molecule has 0 aliphatic rings. The van der Waals surface area contributed by atoms with Gasteiger partial charge in [-0.3, -0.25) is 9.78 Å². The Hall–Kier alpha value is -2.25. The highest BCUT2D eigenvalue weighted by Gasteiger charge is 2.10. The van der Waals surface area contributed by atoms with E-state index in [1.54, 1.807) is 0 Å². The molecule has 19 heavy (non-hydrogen) atoms. The quantitative estimate of drug-likeness (QED) is 0.453. The highest BCUT2D eigenvalue weighted by molar-refractivity contribution is 6.30. The van der Waals surface area contributed by atoms with E-state index < -0.39 is 11.7 Å². The SMILES string of the molecule is NNc1cc(C(=O)Nc2cncc(F)c2)cc(Cl)n1. The predicted molar refractivity (Wildman–Crippen MR) is 69.2 cm³/mol. The average Bonchev–Trinajstić information content (AvgIpc) is 2.38. The molecule has 6 nitrogen and oxygen atoms in total. The van der Waals surface area contributed by atoms with Crippen molar-refractivity contribution in [3.8, 4) is 0 Å². The fourth-order valence-electron chi connectivity index (χ4n) is 1.39. The Balaban J connectivity index is 2.22. The molecular formula is C11H9ClFN5O. The minimum Gasteiger partial charge on any atom is -0.320 e. The number of halogens is 2. The summed E-state index contributed by atoms with van der Waals surface area (Å²) in [5.41, 5.74) is 2.76. The molecule has 0 saturated carbocycles. The van der Waals surface area contributed by atoms with Crippen LogP contribution in [0.5, 0.6) is 0 Å². The van der Waals surface area contributed by atoms with E-state index in [9.17, 15) is 9.18 Å². The Kier molecular flexibility index (Phi) is 3.88. The van der Waals surface area contributed by atoms with Crippen LogP contribution in [0.4, 0.5) is 15.9 Å². The van der Waals surface area contributed by atoms with Gasteiger partial charge in [0.15, 0.2) is 0 Å². The van der Waals surface area contributed by atoms with Crippen molar-refractivity contribution in [1.29, 1.82) is 0 Å². The number of nitrogens with two attached hydrogens (primary N) is 1. The minimum atomic E-state index is -0.546. The summed E-state index contributed by atoms with van der Waals surface area (Å²) in [6, 6.07) is 3.92. The first-order valence-electron chi connectivity index (χ1n) is 5.14. The molecular weight excluding hydrogens is 273 g/mol. The van der Waals surface area contributed by atoms with E-state index in [2.05, 4.69) is 20.7 Å². The van der Waals surface area contributed by atoms with E-state index in [0.717, 1.165) is 12.3 Å². The zero-order valence-electron chi connectivity index (χ0n) is 9.52. The molecule has 0 atom stereocenters. The predicted octanol–water partition coefficient (Wildman–Crippen LogP) is 1.81. The number of anilines is 2. The Morgan fingerprint density at radius 1 is 1.32 bits per heavy atom. The fourth-order valence-corrected chi connectivity index (χ4v) is 1.59. The van der Waals surface area contributed by atoms with E-state index in [-0.39, 0.29) is 22.2 Å². The molecule has 0 fully saturated rings. The maximum absolute atomic E-state index is 12.9. The van der Waals surface area contributed by atoms with E-state index in [1.807, 2.05) is 0 Å². The van der Waals surface area contributed by atoms with Crippen LogP contribution in [0, 0.1) is 5.82 Å². The zero-order chi connectivity index (χ0) is 13.8. The standard InChI is InChI=1S/C11H9ClFN5O/c12-9-1-6(2-10(17-9)18-14)11(19)16-8-3-7(13)4-15-5-8/h1-5H,14H2,(H,16,19)(H,17,18). The number of hydrazine groups is 1. The third-order valence-corrected chi connectivity index (χ3v) is 2.36. The molecule has 2 rings (SSSR count). The lowest BCUT2D eigenvalue weighted by atomic mass is 10.2. The third-order valence-electron chi connectivity index (χ3n) is 2.17. The number of rotatable bonds is 3. The monoisotopic (exact) mass is 281 g/mol. The van der Waals surface area contributed by atoms with Gasteiger partial charge < -0.3 is 10.7 Å². The average molecular weight is 282 g/mol. The molecule has 0 spiro atoms. The first kappa shape index (κ1) is 13.2. The first-order chi connectivity index (χ1) is 9.08. The smallest absolute Gasteiger partial charge is 0.255 e. The molecule has 0 aliphatic carbocycles. The normalized spacial score (nSPS) is 10.1. The fraction of sp³-hybridized carbons (Fsp3) is 0. The molecule has 98 valence electrons. The molecule has 0 radical (unpaired) electrons. The number of amides is 1. The van der Waals surface area contributed by atoms with Gasteiger partial charge in [0.05, 0.1) is 18.1 Å². The van der Waals surface area contributed by atoms with Crippen molar-refractivity contribution in [3.63, 3.8) is 0 Å². The van der Waals surface area contributed by atoms with Crippen LogP contribution in [0.25, 0.3) is 0 Å². The molecule has 2 heterocycles. The summed E-state index contributed by atoms with van der Waals surface area (Å²) in [5.74, 6) is 4.42. The second-order valence-corrected chi connectivity index (χ2v) is 3.94. The number of pyridine rings is 2. The topological polar surface area (TPSA) is 92.9 Å². The van der Waals surface area contributed by atoms with Crippen LogP contribution in [-0.2, 0) is 0 Å². The number of aromatic nitrogens is 2. The summed E-state index contributed by atoms with van der Waals surface area (Å²) >= 11 is 5.74. The summed E-state index contributed by atoms with van der Waals surface area (Å²) in [7, 11) is 0. The van der Waals surface area contributed by atoms with Crippen molar-refractivity contribution in [2.24, 2.45) is 5.84 Å². The van der Waals surface area contributed by atoms with Crippen LogP contribution in [0.2, 0.25) is 5.15 Å². The van der Waals surface area contributed by atoms with Crippen molar-refractivity contribution in [2.75, 3.05) is 10.7 Å². The first-order valence-corrected chi connectivity index (χ1v) is 5.52. The van der Waals surface area contributed by atoms with Gasteiger partial charge >= 0.3 is 0 Å². The Morgan fingerprint density at radius 2 is 2.11 bits per heavy atom. The number of carbonyl (C=O) groups is 1. The molecule has 2 aromatic rings. The van der Waals surface area contributed by atoms with Gasteiger partial charge in [0.25, 0.3) is 5.91 Å². The lowest BCUT2D eigenvalue weighted by Gasteiger charge is -2.07. The van der Waals surface area contributed by atoms with Gasteiger partial charge in [-0.2, -0.15) is 0 Å². The van der Waals surface area contributed by atoms with Gasteiger partial charge in [0.1, 0.15) is 16.8 Å². The molecule has 0 bridgehead atoms. The number of hydrogen-bond acceptors (Lipinski definition) is 5. The Labute approximate surface area is 112 Å². The Bertz CT molecular complexity index is 622. The van der Waals surface area contributed by atoms with Gasteiger partial charge in [-0.05, 0) is 12.1 Å². The molecule has 0 saturated heterocycles. The summed E-state index contributed by atoms with van der Waals surface area (Å²) < 4.78 is 12.9. The van der Waals surface area contributed by atoms with Gasteiger partial charge in [0.2, 0.25) is 0 Å². The van der Waals surface area contributed by atoms with Crippen LogP contribution >= 0.6 is 11.6 Å². The lowest BCUT2D eigenvalue weighted by Crippen LogP contribution is -2.15. The van der Waals surface area contributed by atoms with Crippen LogP contribution < -0.4 is 16.6 Å². The lowest BCUT2D eigenvalue weighted by molar-refractivity contribution is 0.102. The zero-order valence-corrected chi connectivity index (χ0v) is 10.3. The van der Waals surface area contributed by atoms with Crippen molar-refractivity contribution < 1.29 is 9.18 Å². The van der Waals surface area contributed by atoms with Crippen LogP contribution in [0.3, 0.4) is 0 Å². The molecule has 0 aromatic carbocycles. The summed E-state index contributed by atoms with van der Waals surface area (Å²) in [5, 5.41) is 2.59. The van der Waals surface area contributed by atoms with Gasteiger partial charge in [0, 0.05) is 11.6 Å². The maximum Gasteiger partial charge on any atom is 0.255 e. The Morgan fingerprint density at radius 3 is 2.79 bits per heavy atom. The number of nitrogen functional groups attached to an aromatic ring is 1. The molecule has 8 heteroatoms. The van der Waals surface area contributed by atoms with Crippen molar-refractivity contribution in [2.45, 2.75) is 0 Å². The molecule has 0 unspecified atom stereocenters. The van der Waals surface area contributed by atoms with E-state index in [0.29, 0.717) is 0 Å². The summed E-state index contributed by atoms with van der Waals surface area (Å²) in [6.45, 7) is 0. The summed E-state index contributed by atoms with van der Waals surface area (Å²) in [6.07, 6.45) is 2.36. The van der Waals surface area contributed by atoms with Gasteiger partial charge in [-0.15, -0.1) is 0 Å². The molecule has 4 N–H and O–H groups in total. The number of carbonyl (C=O) groups excluding carboxylic acids is 1. The van der Waals surface area contributed by atoms with Crippen molar-refractivity contribution >= 4 is 29.0 Å². The second-order valence-electron chi connectivity index (χ2n) is 3.55. The van der Waals surface area contributed by atoms with Crippen LogP contribution in [0.1, 0.15) is 10.4 Å².